The van der Waals surface area contributed by atoms with Gasteiger partial charge in [-0.3, -0.25) is 4.68 Å². The monoisotopic (exact) mass is 706 g/mol. The Balaban J connectivity index is 0.00000372. The molecule has 0 aliphatic carbocycles. The van der Waals surface area contributed by atoms with Crippen molar-refractivity contribution in [3.8, 4) is 34.1 Å². The molecule has 3 heterocycles. The van der Waals surface area contributed by atoms with Gasteiger partial charge in [0.15, 0.2) is 0 Å². The Morgan fingerprint density at radius 2 is 1.54 bits per heavy atom. The van der Waals surface area contributed by atoms with Crippen LogP contribution in [0, 0.1) is 36.5 Å². The van der Waals surface area contributed by atoms with Gasteiger partial charge in [0.25, 0.3) is 0 Å². The molecule has 9 heteroatoms. The first kappa shape index (κ1) is 31.3. The Kier molecular flexibility index (Phi) is 8.56. The largest absolute Gasteiger partial charge is 2.00 e. The first-order chi connectivity index (χ1) is 21.9. The van der Waals surface area contributed by atoms with Crippen molar-refractivity contribution in [3.05, 3.63) is 132 Å². The summed E-state index contributed by atoms with van der Waals surface area (Å²) in [4.78, 5) is 4.63. The molecule has 0 radical (unpaired) electrons. The summed E-state index contributed by atoms with van der Waals surface area (Å²) in [5.74, 6) is -1.24. The molecule has 0 saturated carbocycles. The molecular weight excluding hydrogens is 680 g/mol. The van der Waals surface area contributed by atoms with Gasteiger partial charge in [0.2, 0.25) is 0 Å². The molecule has 4 aromatic carbocycles. The average Bonchev–Trinajstić information content (AvgIpc) is 3.56. The second kappa shape index (κ2) is 12.6. The fourth-order valence-corrected chi connectivity index (χ4v) is 5.90. The van der Waals surface area contributed by atoms with Crippen LogP contribution >= 0.6 is 0 Å². The van der Waals surface area contributed by atoms with Crippen LogP contribution in [0.4, 0.5) is 13.2 Å². The molecule has 46 heavy (non-hydrogen) atoms. The predicted molar refractivity (Wildman–Crippen MR) is 169 cm³/mol. The number of fused-ring (bicyclic) bond motifs is 3. The number of hydrogen-bond donors (Lipinski definition) is 0. The summed E-state index contributed by atoms with van der Waals surface area (Å²) in [6.45, 7) is 5.76. The van der Waals surface area contributed by atoms with E-state index in [9.17, 15) is 13.2 Å². The third-order valence-corrected chi connectivity index (χ3v) is 7.87. The number of ether oxygens (including phenoxy) is 1. The Bertz CT molecular complexity index is 2220. The SMILES string of the molecule is CCc1nn(-c2[c-]c(Oc3[c-]c4c(cc3)c3ccccc3n4-c3cc(C)ccn3)ccc2)c(CC)c1-c1c(F)cc(F)cc1F.[Pd+2]. The van der Waals surface area contributed by atoms with Crippen LogP contribution in [-0.2, 0) is 33.3 Å². The van der Waals surface area contributed by atoms with Crippen LogP contribution in [0.3, 0.4) is 0 Å². The van der Waals surface area contributed by atoms with E-state index < -0.39 is 17.5 Å². The quantitative estimate of drug-likeness (QED) is 0.123. The van der Waals surface area contributed by atoms with Crippen LogP contribution in [0.15, 0.2) is 85.1 Å². The van der Waals surface area contributed by atoms with Crippen molar-refractivity contribution in [2.75, 3.05) is 0 Å². The number of aromatic nitrogens is 4. The number of halogens is 3. The van der Waals surface area contributed by atoms with Crippen molar-refractivity contribution in [3.63, 3.8) is 0 Å². The van der Waals surface area contributed by atoms with Crippen LogP contribution in [0.25, 0.3) is 44.4 Å². The number of hydrogen-bond acceptors (Lipinski definition) is 3. The average molecular weight is 707 g/mol. The van der Waals surface area contributed by atoms with E-state index in [4.69, 9.17) is 9.84 Å². The molecule has 0 unspecified atom stereocenters. The second-order valence-electron chi connectivity index (χ2n) is 10.8. The summed E-state index contributed by atoms with van der Waals surface area (Å²) in [6.07, 6.45) is 2.63. The van der Waals surface area contributed by atoms with E-state index in [0.717, 1.165) is 33.2 Å². The molecule has 0 aliphatic rings. The molecule has 0 fully saturated rings. The molecule has 7 rings (SSSR count). The van der Waals surface area contributed by atoms with Crippen LogP contribution in [0.1, 0.15) is 30.8 Å². The maximum absolute atomic E-state index is 14.9. The number of rotatable bonds is 7. The van der Waals surface area contributed by atoms with E-state index in [1.165, 1.54) is 0 Å². The maximum Gasteiger partial charge on any atom is 2.00 e. The van der Waals surface area contributed by atoms with Crippen molar-refractivity contribution in [1.82, 2.24) is 19.3 Å². The van der Waals surface area contributed by atoms with E-state index >= 15 is 0 Å². The summed E-state index contributed by atoms with van der Waals surface area (Å²) in [6, 6.07) is 29.5. The van der Waals surface area contributed by atoms with Crippen molar-refractivity contribution in [1.29, 1.82) is 0 Å². The Hall–Kier alpha value is -4.71. The molecule has 0 aliphatic heterocycles. The van der Waals surface area contributed by atoms with E-state index in [-0.39, 0.29) is 26.0 Å². The predicted octanol–water partition coefficient (Wildman–Crippen LogP) is 9.27. The first-order valence-electron chi connectivity index (χ1n) is 14.7. The van der Waals surface area contributed by atoms with Gasteiger partial charge in [0.05, 0.1) is 11.3 Å². The Morgan fingerprint density at radius 1 is 0.783 bits per heavy atom. The summed E-state index contributed by atoms with van der Waals surface area (Å²) in [7, 11) is 0. The van der Waals surface area contributed by atoms with Crippen molar-refractivity contribution >= 4 is 21.8 Å². The normalized spacial score (nSPS) is 11.3. The molecule has 0 amide bonds. The van der Waals surface area contributed by atoms with Gasteiger partial charge in [0.1, 0.15) is 23.3 Å². The van der Waals surface area contributed by atoms with Crippen LogP contribution in [0.5, 0.6) is 11.5 Å². The number of benzene rings is 4. The minimum absolute atomic E-state index is 0. The Morgan fingerprint density at radius 3 is 2.28 bits per heavy atom. The van der Waals surface area contributed by atoms with Gasteiger partial charge in [-0.05, 0) is 54.6 Å². The number of pyridine rings is 1. The third kappa shape index (κ3) is 5.40. The zero-order valence-corrected chi connectivity index (χ0v) is 26.7. The fraction of sp³-hybridized carbons (Fsp3) is 0.135. The van der Waals surface area contributed by atoms with E-state index in [0.29, 0.717) is 59.1 Å². The molecule has 0 spiro atoms. The fourth-order valence-electron chi connectivity index (χ4n) is 5.90. The maximum atomic E-state index is 14.9. The number of nitrogens with zero attached hydrogens (tertiary/aromatic N) is 4. The van der Waals surface area contributed by atoms with Crippen molar-refractivity contribution in [2.45, 2.75) is 33.6 Å². The zero-order chi connectivity index (χ0) is 31.2. The van der Waals surface area contributed by atoms with E-state index in [2.05, 4.69) is 33.8 Å². The summed E-state index contributed by atoms with van der Waals surface area (Å²) < 4.78 is 53.6. The topological polar surface area (TPSA) is 44.9 Å². The first-order valence-corrected chi connectivity index (χ1v) is 14.7. The van der Waals surface area contributed by atoms with Crippen LogP contribution in [0.2, 0.25) is 0 Å². The third-order valence-electron chi connectivity index (χ3n) is 7.87. The Labute approximate surface area is 277 Å². The van der Waals surface area contributed by atoms with Crippen LogP contribution < -0.4 is 4.74 Å². The molecule has 5 nitrogen and oxygen atoms in total. The molecule has 0 saturated heterocycles. The molecule has 0 atom stereocenters. The number of para-hydroxylation sites is 1. The summed E-state index contributed by atoms with van der Waals surface area (Å²) in [5, 5.41) is 6.80. The standard InChI is InChI=1S/C37H27F3N4O.Pd/c1-4-31-37(36-29(39)18-23(38)19-30(36)40)32(5-2)44(42-31)24-9-8-10-25(20-24)45-26-13-14-28-27-11-6-7-12-33(27)43(34(28)21-26)35-17-22(3)15-16-41-35;/h6-19H,4-5H2,1-3H3;/q-2;+2. The minimum atomic E-state index is -0.971. The van der Waals surface area contributed by atoms with Gasteiger partial charge in [0, 0.05) is 46.6 Å². The van der Waals surface area contributed by atoms with Gasteiger partial charge in [-0.1, -0.05) is 37.6 Å². The van der Waals surface area contributed by atoms with Gasteiger partial charge in [-0.2, -0.15) is 17.2 Å². The minimum Gasteiger partial charge on any atom is -0.509 e. The van der Waals surface area contributed by atoms with Gasteiger partial charge in [-0.15, -0.1) is 35.7 Å². The van der Waals surface area contributed by atoms with Gasteiger partial charge in [-0.25, -0.2) is 18.2 Å². The molecule has 0 bridgehead atoms. The smallest absolute Gasteiger partial charge is 0.509 e. The number of aryl methyl sites for hydroxylation is 2. The van der Waals surface area contributed by atoms with Crippen molar-refractivity contribution in [2.24, 2.45) is 0 Å². The van der Waals surface area contributed by atoms with Gasteiger partial charge < -0.3 is 9.30 Å². The zero-order valence-electron chi connectivity index (χ0n) is 25.1. The second-order valence-corrected chi connectivity index (χ2v) is 10.8. The molecule has 0 N–H and O–H groups in total. The van der Waals surface area contributed by atoms with Crippen LogP contribution in [-0.4, -0.2) is 19.3 Å². The molecule has 232 valence electrons. The molecular formula is C37H27F3N4OPd. The van der Waals surface area contributed by atoms with Gasteiger partial charge >= 0.3 is 20.4 Å². The molecule has 3 aromatic heterocycles. The molecule has 7 aromatic rings. The summed E-state index contributed by atoms with van der Waals surface area (Å²) >= 11 is 0. The van der Waals surface area contributed by atoms with E-state index in [1.54, 1.807) is 29.1 Å². The summed E-state index contributed by atoms with van der Waals surface area (Å²) in [5.41, 5.74) is 4.57. The van der Waals surface area contributed by atoms with Crippen molar-refractivity contribution < 1.29 is 38.3 Å². The van der Waals surface area contributed by atoms with E-state index in [1.807, 2.05) is 57.2 Å².